The fraction of sp³-hybridized carbons (Fsp3) is 0.533. The molecule has 2 aliphatic heterocycles. The molecule has 0 N–H and O–H groups in total. The van der Waals surface area contributed by atoms with E-state index in [0.717, 1.165) is 30.8 Å². The summed E-state index contributed by atoms with van der Waals surface area (Å²) in [4.78, 5) is 0. The molecule has 0 spiro atoms. The van der Waals surface area contributed by atoms with Crippen LogP contribution >= 0.6 is 0 Å². The zero-order valence-electron chi connectivity index (χ0n) is 21.7. The molecule has 0 bridgehead atoms. The van der Waals surface area contributed by atoms with Gasteiger partial charge in [-0.3, -0.25) is 0 Å². The number of ether oxygens (including phenoxy) is 6. The summed E-state index contributed by atoms with van der Waals surface area (Å²) in [5.41, 5.74) is 4.02. The molecular weight excluding hydrogens is 456 g/mol. The second-order valence-electron chi connectivity index (χ2n) is 10.1. The van der Waals surface area contributed by atoms with Gasteiger partial charge in [-0.25, -0.2) is 0 Å². The Balaban J connectivity index is 1.07. The highest BCUT2D eigenvalue weighted by atomic mass is 16.7. The number of hydrogen-bond donors (Lipinski definition) is 0. The highest BCUT2D eigenvalue weighted by molar-refractivity contribution is 5.67. The Morgan fingerprint density at radius 2 is 1.28 bits per heavy atom. The Bertz CT molecular complexity index is 1020. The second kappa shape index (κ2) is 11.3. The van der Waals surface area contributed by atoms with Gasteiger partial charge < -0.3 is 28.4 Å². The first-order valence-corrected chi connectivity index (χ1v) is 13.2. The van der Waals surface area contributed by atoms with Crippen molar-refractivity contribution in [2.45, 2.75) is 89.9 Å². The molecule has 2 saturated heterocycles. The molecule has 0 aromatic heterocycles. The molecule has 1 aliphatic carbocycles. The van der Waals surface area contributed by atoms with E-state index in [9.17, 15) is 0 Å². The highest BCUT2D eigenvalue weighted by Crippen LogP contribution is 2.37. The number of hydrogen-bond acceptors (Lipinski definition) is 6. The summed E-state index contributed by atoms with van der Waals surface area (Å²) in [5.74, 6) is 2.19. The van der Waals surface area contributed by atoms with Crippen molar-refractivity contribution in [1.82, 2.24) is 0 Å². The first-order chi connectivity index (χ1) is 17.4. The Labute approximate surface area is 214 Å². The average Bonchev–Trinajstić information content (AvgIpc) is 3.80. The minimum absolute atomic E-state index is 0.215. The van der Waals surface area contributed by atoms with Gasteiger partial charge in [-0.2, -0.15) is 0 Å². The van der Waals surface area contributed by atoms with E-state index in [1.165, 1.54) is 16.7 Å². The zero-order chi connectivity index (χ0) is 25.1. The van der Waals surface area contributed by atoms with E-state index < -0.39 is 0 Å². The van der Waals surface area contributed by atoms with Crippen LogP contribution in [0.3, 0.4) is 0 Å². The van der Waals surface area contributed by atoms with Gasteiger partial charge in [0.15, 0.2) is 12.6 Å². The van der Waals surface area contributed by atoms with E-state index in [0.29, 0.717) is 31.3 Å². The lowest BCUT2D eigenvalue weighted by atomic mass is 9.83. The van der Waals surface area contributed by atoms with Crippen LogP contribution in [0.4, 0.5) is 0 Å². The first-order valence-electron chi connectivity index (χ1n) is 13.2. The fourth-order valence-electron chi connectivity index (χ4n) is 4.69. The maximum atomic E-state index is 5.90. The van der Waals surface area contributed by atoms with Crippen LogP contribution in [0.5, 0.6) is 11.5 Å². The molecule has 0 radical (unpaired) electrons. The Hall–Kier alpha value is -2.38. The molecule has 2 aromatic carbocycles. The Kier molecular flexibility index (Phi) is 7.96. The second-order valence-corrected chi connectivity index (χ2v) is 10.1. The zero-order valence-corrected chi connectivity index (χ0v) is 21.7. The van der Waals surface area contributed by atoms with Gasteiger partial charge in [-0.15, -0.1) is 0 Å². The third kappa shape index (κ3) is 6.88. The Morgan fingerprint density at radius 1 is 0.778 bits per heavy atom. The summed E-state index contributed by atoms with van der Waals surface area (Å²) in [6, 6.07) is 16.8. The van der Waals surface area contributed by atoms with E-state index in [1.807, 2.05) is 38.1 Å². The van der Waals surface area contributed by atoms with E-state index in [4.69, 9.17) is 28.4 Å². The third-order valence-electron chi connectivity index (χ3n) is 7.25. The number of epoxide rings is 2. The van der Waals surface area contributed by atoms with Crippen LogP contribution in [0, 0.1) is 0 Å². The minimum Gasteiger partial charge on any atom is -0.465 e. The molecule has 5 rings (SSSR count). The molecule has 6 heteroatoms. The molecule has 7 unspecified atom stereocenters. The van der Waals surface area contributed by atoms with Crippen LogP contribution in [0.25, 0.3) is 5.57 Å². The predicted molar refractivity (Wildman–Crippen MR) is 138 cm³/mol. The summed E-state index contributed by atoms with van der Waals surface area (Å²) >= 11 is 0. The quantitative estimate of drug-likeness (QED) is 0.263. The van der Waals surface area contributed by atoms with Crippen LogP contribution in [0.15, 0.2) is 54.6 Å². The lowest BCUT2D eigenvalue weighted by Gasteiger charge is -2.23. The normalized spacial score (nSPS) is 28.7. The van der Waals surface area contributed by atoms with Crippen molar-refractivity contribution in [3.8, 4) is 11.5 Å². The lowest BCUT2D eigenvalue weighted by molar-refractivity contribution is -0.0712. The summed E-state index contributed by atoms with van der Waals surface area (Å²) in [5, 5.41) is 0. The maximum absolute atomic E-state index is 5.90. The van der Waals surface area contributed by atoms with Crippen molar-refractivity contribution >= 4 is 5.57 Å². The van der Waals surface area contributed by atoms with Gasteiger partial charge in [0.05, 0.1) is 25.4 Å². The van der Waals surface area contributed by atoms with Gasteiger partial charge in [-0.05, 0) is 93.8 Å². The highest BCUT2D eigenvalue weighted by Gasteiger charge is 2.35. The molecule has 7 atom stereocenters. The average molecular weight is 495 g/mol. The molecule has 3 aliphatic rings. The van der Waals surface area contributed by atoms with E-state index >= 15 is 0 Å². The molecule has 0 amide bonds. The van der Waals surface area contributed by atoms with Gasteiger partial charge >= 0.3 is 0 Å². The van der Waals surface area contributed by atoms with E-state index in [2.05, 4.69) is 44.2 Å². The van der Waals surface area contributed by atoms with Crippen LogP contribution in [0.2, 0.25) is 0 Å². The molecule has 194 valence electrons. The van der Waals surface area contributed by atoms with Crippen LogP contribution in [-0.2, 0) is 18.9 Å². The molecule has 2 heterocycles. The van der Waals surface area contributed by atoms with Crippen molar-refractivity contribution in [3.05, 3.63) is 65.7 Å². The van der Waals surface area contributed by atoms with Gasteiger partial charge in [0.1, 0.15) is 23.7 Å². The van der Waals surface area contributed by atoms with Gasteiger partial charge in [-0.1, -0.05) is 30.3 Å². The van der Waals surface area contributed by atoms with Crippen LogP contribution < -0.4 is 9.47 Å². The molecular formula is C30H38O6. The SMILES string of the molecule is CC(OCC1OC1C)Oc1ccc(C2=CCC(c3ccc(OC(C)OCC4OC4C)cc3)CC2)cc1. The Morgan fingerprint density at radius 3 is 1.72 bits per heavy atom. The summed E-state index contributed by atoms with van der Waals surface area (Å²) < 4.78 is 34.0. The van der Waals surface area contributed by atoms with Gasteiger partial charge in [0.2, 0.25) is 0 Å². The largest absolute Gasteiger partial charge is 0.465 e. The molecule has 36 heavy (non-hydrogen) atoms. The lowest BCUT2D eigenvalue weighted by Crippen LogP contribution is -2.19. The predicted octanol–water partition coefficient (Wildman–Crippen LogP) is 6.10. The standard InChI is InChI=1S/C30H38O6/c1-19-29(33-19)17-31-21(3)35-27-13-9-25(10-14-27)23-5-7-24(8-6-23)26-11-15-28(16-12-26)36-22(4)32-18-30-20(2)34-30/h5,9-16,19-22,24,29-30H,6-8,17-18H2,1-4H3. The van der Waals surface area contributed by atoms with E-state index in [1.54, 1.807) is 0 Å². The van der Waals surface area contributed by atoms with Crippen molar-refractivity contribution < 1.29 is 28.4 Å². The minimum atomic E-state index is -0.296. The van der Waals surface area contributed by atoms with Crippen LogP contribution in [-0.4, -0.2) is 50.2 Å². The maximum Gasteiger partial charge on any atom is 0.197 e. The first kappa shape index (κ1) is 25.3. The summed E-state index contributed by atoms with van der Waals surface area (Å²) in [6.07, 6.45) is 6.08. The van der Waals surface area contributed by atoms with Gasteiger partial charge in [0, 0.05) is 0 Å². The van der Waals surface area contributed by atoms with E-state index in [-0.39, 0.29) is 24.8 Å². The smallest absolute Gasteiger partial charge is 0.197 e. The summed E-state index contributed by atoms with van der Waals surface area (Å²) in [6.45, 7) is 9.10. The molecule has 6 nitrogen and oxygen atoms in total. The fourth-order valence-corrected chi connectivity index (χ4v) is 4.69. The number of allylic oxidation sites excluding steroid dienone is 2. The summed E-state index contributed by atoms with van der Waals surface area (Å²) in [7, 11) is 0. The van der Waals surface area contributed by atoms with Crippen molar-refractivity contribution in [2.75, 3.05) is 13.2 Å². The monoisotopic (exact) mass is 494 g/mol. The van der Waals surface area contributed by atoms with Crippen LogP contribution in [0.1, 0.15) is 64.0 Å². The number of rotatable bonds is 12. The molecule has 2 fully saturated rings. The van der Waals surface area contributed by atoms with Crippen molar-refractivity contribution in [1.29, 1.82) is 0 Å². The van der Waals surface area contributed by atoms with Crippen molar-refractivity contribution in [3.63, 3.8) is 0 Å². The molecule has 0 saturated carbocycles. The van der Waals surface area contributed by atoms with Crippen molar-refractivity contribution in [2.24, 2.45) is 0 Å². The topological polar surface area (TPSA) is 62.0 Å². The van der Waals surface area contributed by atoms with Gasteiger partial charge in [0.25, 0.3) is 0 Å². The third-order valence-corrected chi connectivity index (χ3v) is 7.25. The number of benzene rings is 2. The molecule has 2 aromatic rings.